The number of nitrogens with zero attached hydrogens (tertiary/aromatic N) is 2. The van der Waals surface area contributed by atoms with E-state index >= 15 is 0 Å². The number of anilines is 1. The topological polar surface area (TPSA) is 107 Å². The average molecular weight is 495 g/mol. The Morgan fingerprint density at radius 1 is 0.941 bits per heavy atom. The van der Waals surface area contributed by atoms with Crippen molar-refractivity contribution >= 4 is 51.9 Å². The first-order valence-electron chi connectivity index (χ1n) is 10.1. The molecule has 34 heavy (non-hydrogen) atoms. The van der Waals surface area contributed by atoms with Crippen LogP contribution in [-0.4, -0.2) is 32.9 Å². The van der Waals surface area contributed by atoms with Crippen LogP contribution in [0, 0.1) is 5.82 Å². The van der Waals surface area contributed by atoms with Gasteiger partial charge in [0.25, 0.3) is 5.56 Å². The molecule has 0 bridgehead atoms. The zero-order chi connectivity index (χ0) is 24.1. The summed E-state index contributed by atoms with van der Waals surface area (Å²) in [5.41, 5.74) is 6.41. The highest BCUT2D eigenvalue weighted by atomic mass is 32.2. The number of hydrogen-bond acceptors (Lipinski definition) is 6. The molecule has 0 saturated heterocycles. The van der Waals surface area contributed by atoms with Gasteiger partial charge >= 0.3 is 0 Å². The van der Waals surface area contributed by atoms with E-state index in [-0.39, 0.29) is 23.0 Å². The van der Waals surface area contributed by atoms with E-state index in [9.17, 15) is 18.8 Å². The Morgan fingerprint density at radius 2 is 1.65 bits per heavy atom. The molecular weight excluding hydrogens is 475 g/mol. The number of para-hydroxylation sites is 2. The van der Waals surface area contributed by atoms with Crippen LogP contribution in [0.2, 0.25) is 0 Å². The Bertz CT molecular complexity index is 1420. The van der Waals surface area contributed by atoms with Crippen molar-refractivity contribution in [1.29, 1.82) is 0 Å². The molecule has 0 aliphatic carbocycles. The Balaban J connectivity index is 1.60. The van der Waals surface area contributed by atoms with Gasteiger partial charge in [0, 0.05) is 4.90 Å². The number of carbonyl (C=O) groups excluding carboxylic acids is 2. The zero-order valence-corrected chi connectivity index (χ0v) is 19.4. The van der Waals surface area contributed by atoms with E-state index < -0.39 is 11.7 Å². The summed E-state index contributed by atoms with van der Waals surface area (Å²) in [7, 11) is 0. The summed E-state index contributed by atoms with van der Waals surface area (Å²) in [4.78, 5) is 42.3. The fourth-order valence-corrected chi connectivity index (χ4v) is 4.75. The van der Waals surface area contributed by atoms with Gasteiger partial charge in [-0.1, -0.05) is 36.0 Å². The number of primary amides is 1. The number of aromatic nitrogens is 2. The van der Waals surface area contributed by atoms with Gasteiger partial charge in [0.15, 0.2) is 5.16 Å². The lowest BCUT2D eigenvalue weighted by Gasteiger charge is -2.14. The number of nitrogens with one attached hydrogen (secondary N) is 1. The molecule has 7 nitrogen and oxygen atoms in total. The van der Waals surface area contributed by atoms with Gasteiger partial charge in [0.2, 0.25) is 11.8 Å². The molecule has 0 saturated carbocycles. The van der Waals surface area contributed by atoms with E-state index in [1.54, 1.807) is 48.5 Å². The van der Waals surface area contributed by atoms with Crippen molar-refractivity contribution in [2.24, 2.45) is 5.73 Å². The molecule has 172 valence electrons. The number of nitrogens with two attached hydrogens (primary N) is 1. The third-order valence-electron chi connectivity index (χ3n) is 4.69. The molecule has 0 radical (unpaired) electrons. The first kappa shape index (κ1) is 23.5. The summed E-state index contributed by atoms with van der Waals surface area (Å²) < 4.78 is 14.8. The van der Waals surface area contributed by atoms with E-state index in [1.165, 1.54) is 40.6 Å². The van der Waals surface area contributed by atoms with Gasteiger partial charge < -0.3 is 11.1 Å². The molecule has 0 spiro atoms. The quantitative estimate of drug-likeness (QED) is 0.285. The molecule has 2 amide bonds. The number of thioether (sulfide) groups is 2. The van der Waals surface area contributed by atoms with Gasteiger partial charge in [-0.25, -0.2) is 9.37 Å². The summed E-state index contributed by atoms with van der Waals surface area (Å²) in [6, 6.07) is 19.5. The predicted molar refractivity (Wildman–Crippen MR) is 133 cm³/mol. The van der Waals surface area contributed by atoms with E-state index in [2.05, 4.69) is 10.3 Å². The van der Waals surface area contributed by atoms with Gasteiger partial charge in [0.1, 0.15) is 5.82 Å². The molecule has 0 fully saturated rings. The van der Waals surface area contributed by atoms with E-state index in [4.69, 9.17) is 5.73 Å². The van der Waals surface area contributed by atoms with Crippen LogP contribution in [0.3, 0.4) is 0 Å². The van der Waals surface area contributed by atoms with Crippen LogP contribution in [0.1, 0.15) is 0 Å². The Kier molecular flexibility index (Phi) is 7.29. The second-order valence-electron chi connectivity index (χ2n) is 7.12. The van der Waals surface area contributed by atoms with E-state index in [0.29, 0.717) is 32.3 Å². The summed E-state index contributed by atoms with van der Waals surface area (Å²) in [6.07, 6.45) is 0. The first-order valence-corrected chi connectivity index (χ1v) is 12.1. The van der Waals surface area contributed by atoms with Crippen LogP contribution < -0.4 is 16.6 Å². The largest absolute Gasteiger partial charge is 0.369 e. The second kappa shape index (κ2) is 10.5. The molecule has 3 N–H and O–H groups in total. The number of halogens is 1. The summed E-state index contributed by atoms with van der Waals surface area (Å²) in [5, 5.41) is 3.55. The molecule has 0 atom stereocenters. The molecule has 3 aromatic carbocycles. The molecule has 1 heterocycles. The smallest absolute Gasteiger partial charge is 0.266 e. The molecular formula is C24H19FN4O3S2. The van der Waals surface area contributed by atoms with Gasteiger partial charge in [-0.05, 0) is 48.5 Å². The van der Waals surface area contributed by atoms with Crippen LogP contribution in [0.15, 0.2) is 87.6 Å². The van der Waals surface area contributed by atoms with Crippen LogP contribution in [0.4, 0.5) is 10.1 Å². The SMILES string of the molecule is NC(=O)CSc1ccccc1NC(=O)CSc1nc2ccccc2c(=O)n1-c1ccc(F)cc1. The number of rotatable bonds is 8. The number of hydrogen-bond donors (Lipinski definition) is 2. The van der Waals surface area contributed by atoms with Crippen molar-refractivity contribution in [1.82, 2.24) is 9.55 Å². The summed E-state index contributed by atoms with van der Waals surface area (Å²) in [5.74, 6) is -1.13. The lowest BCUT2D eigenvalue weighted by atomic mass is 10.2. The molecule has 1 aromatic heterocycles. The standard InChI is InChI=1S/C24H19FN4O3S2/c25-15-9-11-16(12-10-15)29-23(32)17-5-1-2-6-18(17)28-24(29)34-14-22(31)27-19-7-3-4-8-20(19)33-13-21(26)30/h1-12H,13-14H2,(H2,26,30)(H,27,31). The molecule has 10 heteroatoms. The Labute approximate surface area is 202 Å². The molecule has 0 unspecified atom stereocenters. The molecule has 0 aliphatic rings. The monoisotopic (exact) mass is 494 g/mol. The number of fused-ring (bicyclic) bond motifs is 1. The second-order valence-corrected chi connectivity index (χ2v) is 9.08. The first-order chi connectivity index (χ1) is 16.4. The highest BCUT2D eigenvalue weighted by Gasteiger charge is 2.16. The van der Waals surface area contributed by atoms with Gasteiger partial charge in [-0.3, -0.25) is 19.0 Å². The minimum Gasteiger partial charge on any atom is -0.369 e. The Hall–Kier alpha value is -3.63. The van der Waals surface area contributed by atoms with Crippen LogP contribution in [-0.2, 0) is 9.59 Å². The maximum atomic E-state index is 13.5. The van der Waals surface area contributed by atoms with Crippen LogP contribution >= 0.6 is 23.5 Å². The van der Waals surface area contributed by atoms with Crippen LogP contribution in [0.5, 0.6) is 0 Å². The molecule has 4 rings (SSSR count). The number of benzene rings is 3. The fourth-order valence-electron chi connectivity index (χ4n) is 3.19. The van der Waals surface area contributed by atoms with Gasteiger partial charge in [0.05, 0.1) is 33.8 Å². The predicted octanol–water partition coefficient (Wildman–Crippen LogP) is 3.83. The van der Waals surface area contributed by atoms with Crippen molar-refractivity contribution in [3.05, 3.63) is 89.0 Å². The zero-order valence-electron chi connectivity index (χ0n) is 17.7. The summed E-state index contributed by atoms with van der Waals surface area (Å²) >= 11 is 2.32. The number of carbonyl (C=O) groups is 2. The van der Waals surface area contributed by atoms with Gasteiger partial charge in [-0.2, -0.15) is 0 Å². The van der Waals surface area contributed by atoms with Gasteiger partial charge in [-0.15, -0.1) is 11.8 Å². The van der Waals surface area contributed by atoms with E-state index in [0.717, 1.165) is 11.8 Å². The highest BCUT2D eigenvalue weighted by Crippen LogP contribution is 2.27. The normalized spacial score (nSPS) is 10.9. The third-order valence-corrected chi connectivity index (χ3v) is 6.73. The number of amides is 2. The highest BCUT2D eigenvalue weighted by molar-refractivity contribution is 8.00. The lowest BCUT2D eigenvalue weighted by molar-refractivity contribution is -0.115. The van der Waals surface area contributed by atoms with Crippen molar-refractivity contribution in [3.63, 3.8) is 0 Å². The minimum atomic E-state index is -0.456. The van der Waals surface area contributed by atoms with E-state index in [1.807, 2.05) is 0 Å². The molecule has 0 aliphatic heterocycles. The Morgan fingerprint density at radius 3 is 2.41 bits per heavy atom. The fraction of sp³-hybridized carbons (Fsp3) is 0.0833. The maximum Gasteiger partial charge on any atom is 0.266 e. The van der Waals surface area contributed by atoms with Crippen LogP contribution in [0.25, 0.3) is 16.6 Å². The van der Waals surface area contributed by atoms with Crippen molar-refractivity contribution in [3.8, 4) is 5.69 Å². The third kappa shape index (κ3) is 5.46. The average Bonchev–Trinajstić information content (AvgIpc) is 2.83. The maximum absolute atomic E-state index is 13.5. The lowest BCUT2D eigenvalue weighted by Crippen LogP contribution is -2.23. The minimum absolute atomic E-state index is 0.0270. The van der Waals surface area contributed by atoms with Crippen molar-refractivity contribution < 1.29 is 14.0 Å². The van der Waals surface area contributed by atoms with Crippen molar-refractivity contribution in [2.75, 3.05) is 16.8 Å². The summed E-state index contributed by atoms with van der Waals surface area (Å²) in [6.45, 7) is 0. The van der Waals surface area contributed by atoms with Crippen molar-refractivity contribution in [2.45, 2.75) is 10.1 Å². The molecule has 4 aromatic rings.